The zero-order valence-corrected chi connectivity index (χ0v) is 11.0. The highest BCUT2D eigenvalue weighted by atomic mass is 32.2. The molecule has 0 aromatic heterocycles. The lowest BCUT2D eigenvalue weighted by Crippen LogP contribution is -2.52. The molecular formula is C13H15NO3S. The zero-order chi connectivity index (χ0) is 13.0. The molecule has 96 valence electrons. The third-order valence-corrected chi connectivity index (χ3v) is 3.62. The fourth-order valence-electron chi connectivity index (χ4n) is 1.75. The van der Waals surface area contributed by atoms with Crippen LogP contribution in [0.1, 0.15) is 5.56 Å². The minimum absolute atomic E-state index is 0.0238. The van der Waals surface area contributed by atoms with E-state index in [4.69, 9.17) is 4.74 Å². The molecule has 1 fully saturated rings. The van der Waals surface area contributed by atoms with E-state index < -0.39 is 0 Å². The number of benzene rings is 1. The highest BCUT2D eigenvalue weighted by Crippen LogP contribution is 2.21. The van der Waals surface area contributed by atoms with E-state index in [9.17, 15) is 9.59 Å². The van der Waals surface area contributed by atoms with Crippen LogP contribution in [0.5, 0.6) is 0 Å². The van der Waals surface area contributed by atoms with Crippen molar-refractivity contribution in [2.75, 3.05) is 19.3 Å². The molecule has 1 aromatic carbocycles. The van der Waals surface area contributed by atoms with Gasteiger partial charge in [-0.25, -0.2) is 4.79 Å². The predicted octanol–water partition coefficient (Wildman–Crippen LogP) is 2.14. The van der Waals surface area contributed by atoms with Gasteiger partial charge in [-0.1, -0.05) is 42.1 Å². The van der Waals surface area contributed by atoms with Crippen molar-refractivity contribution in [3.63, 3.8) is 0 Å². The highest BCUT2D eigenvalue weighted by molar-refractivity contribution is 8.13. The van der Waals surface area contributed by atoms with Gasteiger partial charge in [0, 0.05) is 13.1 Å². The Hall–Kier alpha value is -1.49. The number of carbonyl (C=O) groups excluding carboxylic acids is 2. The Balaban J connectivity index is 1.73. The first-order valence-corrected chi connectivity index (χ1v) is 6.96. The van der Waals surface area contributed by atoms with Crippen LogP contribution >= 0.6 is 11.8 Å². The molecule has 0 atom stereocenters. The number of thioether (sulfide) groups is 1. The van der Waals surface area contributed by atoms with Crippen molar-refractivity contribution < 1.29 is 14.3 Å². The largest absolute Gasteiger partial charge is 0.445 e. The van der Waals surface area contributed by atoms with Crippen LogP contribution in [0.2, 0.25) is 0 Å². The van der Waals surface area contributed by atoms with Crippen LogP contribution in [0.25, 0.3) is 0 Å². The van der Waals surface area contributed by atoms with Crippen LogP contribution in [0.3, 0.4) is 0 Å². The molecule has 0 radical (unpaired) electrons. The lowest BCUT2D eigenvalue weighted by Gasteiger charge is -2.36. The molecule has 1 heterocycles. The summed E-state index contributed by atoms with van der Waals surface area (Å²) in [4.78, 5) is 24.5. The monoisotopic (exact) mass is 265 g/mol. The van der Waals surface area contributed by atoms with Gasteiger partial charge in [-0.15, -0.1) is 0 Å². The standard InChI is InChI=1S/C13H15NO3S/c1-18-12(15)11-7-14(8-11)13(16)17-9-10-5-3-2-4-6-10/h2-6,11H,7-9H2,1H3. The molecule has 0 unspecified atom stereocenters. The quantitative estimate of drug-likeness (QED) is 0.840. The normalized spacial score (nSPS) is 15.1. The van der Waals surface area contributed by atoms with E-state index >= 15 is 0 Å². The van der Waals surface area contributed by atoms with Gasteiger partial charge in [0.1, 0.15) is 6.61 Å². The van der Waals surface area contributed by atoms with Gasteiger partial charge in [-0.05, 0) is 11.8 Å². The van der Waals surface area contributed by atoms with Crippen molar-refractivity contribution in [2.24, 2.45) is 5.92 Å². The smallest absolute Gasteiger partial charge is 0.410 e. The topological polar surface area (TPSA) is 46.6 Å². The maximum Gasteiger partial charge on any atom is 0.410 e. The van der Waals surface area contributed by atoms with Crippen molar-refractivity contribution >= 4 is 23.0 Å². The molecule has 1 aliphatic rings. The van der Waals surface area contributed by atoms with E-state index in [2.05, 4.69) is 0 Å². The number of hydrogen-bond acceptors (Lipinski definition) is 4. The van der Waals surface area contributed by atoms with Crippen LogP contribution in [0.15, 0.2) is 30.3 Å². The van der Waals surface area contributed by atoms with Gasteiger partial charge in [0.25, 0.3) is 0 Å². The molecule has 2 rings (SSSR count). The molecule has 0 saturated carbocycles. The predicted molar refractivity (Wildman–Crippen MR) is 70.2 cm³/mol. The zero-order valence-electron chi connectivity index (χ0n) is 10.2. The summed E-state index contributed by atoms with van der Waals surface area (Å²) < 4.78 is 5.16. The molecule has 0 bridgehead atoms. The van der Waals surface area contributed by atoms with Crippen molar-refractivity contribution in [1.82, 2.24) is 4.90 Å². The molecule has 1 saturated heterocycles. The molecule has 5 heteroatoms. The number of rotatable bonds is 3. The van der Waals surface area contributed by atoms with Crippen LogP contribution in [0.4, 0.5) is 4.79 Å². The Labute approximate surface area is 110 Å². The Morgan fingerprint density at radius 1 is 1.33 bits per heavy atom. The third-order valence-electron chi connectivity index (χ3n) is 2.88. The summed E-state index contributed by atoms with van der Waals surface area (Å²) in [6, 6.07) is 9.53. The summed E-state index contributed by atoms with van der Waals surface area (Å²) in [7, 11) is 0. The first-order chi connectivity index (χ1) is 8.70. The van der Waals surface area contributed by atoms with Crippen LogP contribution in [-0.2, 0) is 16.1 Å². The van der Waals surface area contributed by atoms with E-state index in [1.807, 2.05) is 30.3 Å². The van der Waals surface area contributed by atoms with Crippen molar-refractivity contribution in [2.45, 2.75) is 6.61 Å². The minimum atomic E-state index is -0.344. The van der Waals surface area contributed by atoms with Crippen molar-refractivity contribution in [3.8, 4) is 0 Å². The Morgan fingerprint density at radius 3 is 2.61 bits per heavy atom. The van der Waals surface area contributed by atoms with Gasteiger partial charge in [0.05, 0.1) is 5.92 Å². The average Bonchev–Trinajstić information content (AvgIpc) is 2.35. The number of carbonyl (C=O) groups is 2. The fraction of sp³-hybridized carbons (Fsp3) is 0.385. The minimum Gasteiger partial charge on any atom is -0.445 e. The van der Waals surface area contributed by atoms with E-state index in [-0.39, 0.29) is 23.7 Å². The van der Waals surface area contributed by atoms with Gasteiger partial charge in [0.2, 0.25) is 0 Å². The van der Waals surface area contributed by atoms with E-state index in [0.29, 0.717) is 13.1 Å². The van der Waals surface area contributed by atoms with Gasteiger partial charge >= 0.3 is 6.09 Å². The summed E-state index contributed by atoms with van der Waals surface area (Å²) in [6.45, 7) is 1.23. The molecule has 1 aliphatic heterocycles. The van der Waals surface area contributed by atoms with Crippen LogP contribution in [-0.4, -0.2) is 35.5 Å². The molecular weight excluding hydrogens is 250 g/mol. The van der Waals surface area contributed by atoms with Crippen LogP contribution in [0, 0.1) is 5.92 Å². The second kappa shape index (κ2) is 5.91. The molecule has 1 amide bonds. The summed E-state index contributed by atoms with van der Waals surface area (Å²) in [5, 5.41) is 0.141. The summed E-state index contributed by atoms with van der Waals surface area (Å²) in [5.41, 5.74) is 0.961. The van der Waals surface area contributed by atoms with Crippen molar-refractivity contribution in [1.29, 1.82) is 0 Å². The van der Waals surface area contributed by atoms with Crippen LogP contribution < -0.4 is 0 Å². The molecule has 1 aromatic rings. The van der Waals surface area contributed by atoms with E-state index in [1.165, 1.54) is 11.8 Å². The molecule has 18 heavy (non-hydrogen) atoms. The second-order valence-corrected chi connectivity index (χ2v) is 4.98. The second-order valence-electron chi connectivity index (χ2n) is 4.17. The first-order valence-electron chi connectivity index (χ1n) is 5.74. The summed E-state index contributed by atoms with van der Waals surface area (Å²) in [6.07, 6.45) is 1.42. The molecule has 4 nitrogen and oxygen atoms in total. The maximum absolute atomic E-state index is 11.6. The number of hydrogen-bond donors (Lipinski definition) is 0. The number of amides is 1. The Bertz CT molecular complexity index is 429. The molecule has 0 spiro atoms. The van der Waals surface area contributed by atoms with Gasteiger partial charge in [0.15, 0.2) is 5.12 Å². The SMILES string of the molecule is CSC(=O)C1CN(C(=O)OCc2ccccc2)C1. The highest BCUT2D eigenvalue weighted by Gasteiger charge is 2.35. The lowest BCUT2D eigenvalue weighted by atomic mass is 10.0. The van der Waals surface area contributed by atoms with Gasteiger partial charge in [-0.3, -0.25) is 4.79 Å². The number of likely N-dealkylation sites (tertiary alicyclic amines) is 1. The van der Waals surface area contributed by atoms with Crippen molar-refractivity contribution in [3.05, 3.63) is 35.9 Å². The van der Waals surface area contributed by atoms with E-state index in [0.717, 1.165) is 5.56 Å². The van der Waals surface area contributed by atoms with E-state index in [1.54, 1.807) is 11.2 Å². The number of ether oxygens (including phenoxy) is 1. The molecule has 0 N–H and O–H groups in total. The Kier molecular flexibility index (Phi) is 4.25. The maximum atomic E-state index is 11.6. The summed E-state index contributed by atoms with van der Waals surface area (Å²) in [5.74, 6) is -0.0238. The Morgan fingerprint density at radius 2 is 2.00 bits per heavy atom. The third kappa shape index (κ3) is 3.04. The average molecular weight is 265 g/mol. The lowest BCUT2D eigenvalue weighted by molar-refractivity contribution is -0.118. The molecule has 0 aliphatic carbocycles. The fourth-order valence-corrected chi connectivity index (χ4v) is 2.24. The summed E-state index contributed by atoms with van der Waals surface area (Å²) >= 11 is 1.22. The number of nitrogens with zero attached hydrogens (tertiary/aromatic N) is 1. The van der Waals surface area contributed by atoms with Gasteiger partial charge < -0.3 is 9.64 Å². The first kappa shape index (κ1) is 13.0. The van der Waals surface area contributed by atoms with Gasteiger partial charge in [-0.2, -0.15) is 0 Å².